The van der Waals surface area contributed by atoms with Crippen LogP contribution in [0.1, 0.15) is 68.1 Å². The molecule has 0 atom stereocenters. The van der Waals surface area contributed by atoms with Gasteiger partial charge in [-0.15, -0.1) is 0 Å². The van der Waals surface area contributed by atoms with Crippen molar-refractivity contribution in [3.8, 4) is 0 Å². The average molecular weight is 496 g/mol. The standard InChI is InChI=1S/C29H41N3O4/c1-32(28(34)15-6-3-9-21-30)22-10-16-29(35)36-31-27(33)23-26-19-17-25(18-20-26)14-8-7-13-24-11-4-2-5-12-24/h2,4-5,11-12,17-20H,3,6-10,13-16,21-23,30H2,1H3,(H,31,33). The van der Waals surface area contributed by atoms with Crippen molar-refractivity contribution < 1.29 is 19.2 Å². The number of nitrogens with two attached hydrogens (primary N) is 1. The van der Waals surface area contributed by atoms with Gasteiger partial charge in [-0.1, -0.05) is 61.0 Å². The van der Waals surface area contributed by atoms with E-state index < -0.39 is 5.97 Å². The molecule has 196 valence electrons. The molecule has 0 saturated carbocycles. The lowest BCUT2D eigenvalue weighted by Gasteiger charge is -2.16. The number of rotatable bonds is 16. The van der Waals surface area contributed by atoms with E-state index in [2.05, 4.69) is 29.7 Å². The van der Waals surface area contributed by atoms with Crippen LogP contribution in [0.4, 0.5) is 0 Å². The maximum absolute atomic E-state index is 12.1. The van der Waals surface area contributed by atoms with E-state index in [1.807, 2.05) is 30.3 Å². The first-order chi connectivity index (χ1) is 17.5. The number of unbranched alkanes of at least 4 members (excludes halogenated alkanes) is 3. The summed E-state index contributed by atoms with van der Waals surface area (Å²) >= 11 is 0. The highest BCUT2D eigenvalue weighted by atomic mass is 16.7. The molecule has 0 bridgehead atoms. The van der Waals surface area contributed by atoms with Crippen LogP contribution in [-0.2, 0) is 38.5 Å². The molecule has 2 amide bonds. The molecule has 3 N–H and O–H groups in total. The Kier molecular flexibility index (Phi) is 13.9. The van der Waals surface area contributed by atoms with Crippen molar-refractivity contribution in [1.29, 1.82) is 0 Å². The Hall–Kier alpha value is -3.19. The van der Waals surface area contributed by atoms with Gasteiger partial charge in [0.05, 0.1) is 6.42 Å². The molecule has 0 unspecified atom stereocenters. The first-order valence-corrected chi connectivity index (χ1v) is 13.0. The van der Waals surface area contributed by atoms with Crippen molar-refractivity contribution >= 4 is 17.8 Å². The summed E-state index contributed by atoms with van der Waals surface area (Å²) in [6, 6.07) is 18.5. The van der Waals surface area contributed by atoms with E-state index >= 15 is 0 Å². The van der Waals surface area contributed by atoms with Crippen LogP contribution in [0.25, 0.3) is 0 Å². The summed E-state index contributed by atoms with van der Waals surface area (Å²) in [6.45, 7) is 1.11. The summed E-state index contributed by atoms with van der Waals surface area (Å²) in [7, 11) is 1.73. The summed E-state index contributed by atoms with van der Waals surface area (Å²) in [5, 5.41) is 0. The predicted octanol–water partition coefficient (Wildman–Crippen LogP) is 4.13. The second-order valence-corrected chi connectivity index (χ2v) is 9.20. The van der Waals surface area contributed by atoms with E-state index in [0.29, 0.717) is 25.9 Å². The molecule has 0 aliphatic rings. The fourth-order valence-corrected chi connectivity index (χ4v) is 3.89. The molecule has 7 nitrogen and oxygen atoms in total. The molecule has 2 aromatic rings. The fourth-order valence-electron chi connectivity index (χ4n) is 3.89. The highest BCUT2D eigenvalue weighted by Crippen LogP contribution is 2.11. The third-order valence-electron chi connectivity index (χ3n) is 6.09. The molecule has 0 aromatic heterocycles. The molecule has 0 fully saturated rings. The zero-order valence-electron chi connectivity index (χ0n) is 21.5. The van der Waals surface area contributed by atoms with Gasteiger partial charge < -0.3 is 15.5 Å². The molecular weight excluding hydrogens is 454 g/mol. The Morgan fingerprint density at radius 3 is 2.08 bits per heavy atom. The zero-order chi connectivity index (χ0) is 26.0. The lowest BCUT2D eigenvalue weighted by atomic mass is 10.0. The van der Waals surface area contributed by atoms with Crippen molar-refractivity contribution in [3.63, 3.8) is 0 Å². The smallest absolute Gasteiger partial charge is 0.332 e. The fraction of sp³-hybridized carbons (Fsp3) is 0.483. The normalized spacial score (nSPS) is 10.6. The van der Waals surface area contributed by atoms with E-state index in [0.717, 1.165) is 50.5 Å². The predicted molar refractivity (Wildman–Crippen MR) is 142 cm³/mol. The van der Waals surface area contributed by atoms with E-state index in [4.69, 9.17) is 10.6 Å². The number of aryl methyl sites for hydroxylation is 2. The topological polar surface area (TPSA) is 102 Å². The van der Waals surface area contributed by atoms with Crippen molar-refractivity contribution in [2.24, 2.45) is 5.73 Å². The number of carbonyl (C=O) groups is 3. The number of hydrogen-bond donors (Lipinski definition) is 2. The van der Waals surface area contributed by atoms with Crippen molar-refractivity contribution in [2.45, 2.75) is 70.6 Å². The van der Waals surface area contributed by atoms with Crippen LogP contribution in [0.5, 0.6) is 0 Å². The molecule has 0 aliphatic heterocycles. The average Bonchev–Trinajstić information content (AvgIpc) is 2.89. The number of hydroxylamine groups is 1. The van der Waals surface area contributed by atoms with E-state index in [-0.39, 0.29) is 24.7 Å². The number of benzene rings is 2. The Morgan fingerprint density at radius 2 is 1.42 bits per heavy atom. The SMILES string of the molecule is CN(CCCC(=O)ONC(=O)Cc1ccc(CCCCc2ccccc2)cc1)C(=O)CCCCCN. The second kappa shape index (κ2) is 17.3. The third-order valence-corrected chi connectivity index (χ3v) is 6.09. The molecule has 7 heteroatoms. The summed E-state index contributed by atoms with van der Waals surface area (Å²) in [6.07, 6.45) is 8.29. The highest BCUT2D eigenvalue weighted by Gasteiger charge is 2.11. The van der Waals surface area contributed by atoms with Gasteiger partial charge in [0.2, 0.25) is 5.91 Å². The number of amides is 2. The van der Waals surface area contributed by atoms with E-state index in [1.165, 1.54) is 11.1 Å². The molecule has 0 saturated heterocycles. The second-order valence-electron chi connectivity index (χ2n) is 9.20. The van der Waals surface area contributed by atoms with E-state index in [1.54, 1.807) is 11.9 Å². The summed E-state index contributed by atoms with van der Waals surface area (Å²) in [4.78, 5) is 42.6. The molecule has 0 radical (unpaired) electrons. The Bertz CT molecular complexity index is 916. The van der Waals surface area contributed by atoms with Crippen LogP contribution in [0, 0.1) is 0 Å². The quantitative estimate of drug-likeness (QED) is 0.269. The minimum Gasteiger partial charge on any atom is -0.346 e. The number of carbonyl (C=O) groups excluding carboxylic acids is 3. The summed E-state index contributed by atoms with van der Waals surface area (Å²) in [5.41, 5.74) is 11.2. The third kappa shape index (κ3) is 12.5. The lowest BCUT2D eigenvalue weighted by molar-refractivity contribution is -0.158. The molecule has 2 aromatic carbocycles. The van der Waals surface area contributed by atoms with Gasteiger partial charge in [-0.2, -0.15) is 5.48 Å². The van der Waals surface area contributed by atoms with Crippen LogP contribution in [0.2, 0.25) is 0 Å². The minimum absolute atomic E-state index is 0.0619. The molecule has 0 spiro atoms. The molecule has 0 aliphatic carbocycles. The van der Waals surface area contributed by atoms with Gasteiger partial charge in [0, 0.05) is 26.4 Å². The van der Waals surface area contributed by atoms with Crippen LogP contribution < -0.4 is 11.2 Å². The number of hydrogen-bond acceptors (Lipinski definition) is 5. The van der Waals surface area contributed by atoms with Gasteiger partial charge in [0.15, 0.2) is 0 Å². The molecule has 36 heavy (non-hydrogen) atoms. The van der Waals surface area contributed by atoms with Crippen molar-refractivity contribution in [3.05, 3.63) is 71.3 Å². The zero-order valence-corrected chi connectivity index (χ0v) is 21.5. The summed E-state index contributed by atoms with van der Waals surface area (Å²) in [5.74, 6) is -0.825. The molecule has 0 heterocycles. The minimum atomic E-state index is -0.516. The van der Waals surface area contributed by atoms with Gasteiger partial charge in [-0.05, 0) is 68.2 Å². The lowest BCUT2D eigenvalue weighted by Crippen LogP contribution is -2.30. The van der Waals surface area contributed by atoms with Crippen LogP contribution >= 0.6 is 0 Å². The van der Waals surface area contributed by atoms with Crippen molar-refractivity contribution in [2.75, 3.05) is 20.1 Å². The highest BCUT2D eigenvalue weighted by molar-refractivity contribution is 5.80. The van der Waals surface area contributed by atoms with E-state index in [9.17, 15) is 14.4 Å². The molecular formula is C29H41N3O4. The maximum Gasteiger partial charge on any atom is 0.332 e. The first-order valence-electron chi connectivity index (χ1n) is 13.0. The number of nitrogens with one attached hydrogen (secondary N) is 1. The maximum atomic E-state index is 12.1. The van der Waals surface area contributed by atoms with Gasteiger partial charge in [0.1, 0.15) is 0 Å². The Balaban J connectivity index is 1.56. The van der Waals surface area contributed by atoms with Crippen molar-refractivity contribution in [1.82, 2.24) is 10.4 Å². The summed E-state index contributed by atoms with van der Waals surface area (Å²) < 4.78 is 0. The number of nitrogens with zero attached hydrogens (tertiary/aromatic N) is 1. The monoisotopic (exact) mass is 495 g/mol. The van der Waals surface area contributed by atoms with Gasteiger partial charge in [-0.25, -0.2) is 4.79 Å². The Morgan fingerprint density at radius 1 is 0.778 bits per heavy atom. The van der Waals surface area contributed by atoms with Gasteiger partial charge >= 0.3 is 5.97 Å². The van der Waals surface area contributed by atoms with Gasteiger partial charge in [-0.3, -0.25) is 9.59 Å². The molecule has 2 rings (SSSR count). The van der Waals surface area contributed by atoms with Crippen LogP contribution in [0.3, 0.4) is 0 Å². The Labute approximate surface area is 215 Å². The van der Waals surface area contributed by atoms with Crippen LogP contribution in [-0.4, -0.2) is 42.8 Å². The van der Waals surface area contributed by atoms with Gasteiger partial charge in [0.25, 0.3) is 5.91 Å². The van der Waals surface area contributed by atoms with Crippen LogP contribution in [0.15, 0.2) is 54.6 Å². The largest absolute Gasteiger partial charge is 0.346 e. The first kappa shape index (κ1) is 29.0.